The molecule has 0 aromatic heterocycles. The predicted molar refractivity (Wildman–Crippen MR) is 155 cm³/mol. The molecular weight excluding hydrogens is 604 g/mol. The van der Waals surface area contributed by atoms with Gasteiger partial charge in [-0.15, -0.1) is 0 Å². The van der Waals surface area contributed by atoms with Crippen LogP contribution >= 0.6 is 0 Å². The molecule has 2 saturated heterocycles. The Bertz CT molecular complexity index is 793. The van der Waals surface area contributed by atoms with Crippen molar-refractivity contribution >= 4 is 6.29 Å². The Morgan fingerprint density at radius 2 is 1.07 bits per heavy atom. The van der Waals surface area contributed by atoms with Gasteiger partial charge >= 0.3 is 0 Å². The molecule has 2 aliphatic heterocycles. The third-order valence-electron chi connectivity index (χ3n) is 8.19. The van der Waals surface area contributed by atoms with Crippen LogP contribution in [0.15, 0.2) is 0 Å². The van der Waals surface area contributed by atoms with Crippen molar-refractivity contribution in [1.82, 2.24) is 0 Å². The lowest BCUT2D eigenvalue weighted by atomic mass is 9.97. The third kappa shape index (κ3) is 9.81. The topological polar surface area (TPSA) is 156 Å². The standard InChI is InChI=1S/C29H54O16/c1-31-13-17(34-4)20(35-5)23(16(12-30)33-3)45-29-27(41-11)25(39-9)22(37-7)19(44-29)15-42-28-26(40-10)24(38-8)21(36-6)18(43-28)14-32-2/h12,16-29H,13-15H2,1-11H3. The van der Waals surface area contributed by atoms with Gasteiger partial charge in [0.2, 0.25) is 0 Å². The summed E-state index contributed by atoms with van der Waals surface area (Å²) < 4.78 is 87.5. The average molecular weight is 659 g/mol. The van der Waals surface area contributed by atoms with Crippen molar-refractivity contribution in [3.8, 4) is 0 Å². The molecule has 0 spiro atoms. The maximum atomic E-state index is 12.1. The molecule has 16 heteroatoms. The normalized spacial score (nSPS) is 35.1. The van der Waals surface area contributed by atoms with Gasteiger partial charge < -0.3 is 75.8 Å². The van der Waals surface area contributed by atoms with E-state index in [0.29, 0.717) is 6.29 Å². The van der Waals surface area contributed by atoms with E-state index in [-0.39, 0.29) is 19.8 Å². The summed E-state index contributed by atoms with van der Waals surface area (Å²) >= 11 is 0. The maximum absolute atomic E-state index is 12.1. The summed E-state index contributed by atoms with van der Waals surface area (Å²) in [4.78, 5) is 12.1. The fourth-order valence-corrected chi connectivity index (χ4v) is 5.95. The SMILES string of the molecule is COCC(OC)C(OC)C(OC1OC(COC2OC(COC)C(OC)C(OC)C2OC)C(OC)C(OC)C1OC)C(C=O)OC. The van der Waals surface area contributed by atoms with Crippen LogP contribution in [0.3, 0.4) is 0 Å². The number of ether oxygens (including phenoxy) is 15. The van der Waals surface area contributed by atoms with Gasteiger partial charge in [0.15, 0.2) is 18.9 Å². The molecule has 0 radical (unpaired) electrons. The molecule has 0 aliphatic carbocycles. The average Bonchev–Trinajstić information content (AvgIpc) is 3.06. The zero-order valence-electron chi connectivity index (χ0n) is 28.3. The highest BCUT2D eigenvalue weighted by Gasteiger charge is 2.52. The Balaban J connectivity index is 2.40. The summed E-state index contributed by atoms with van der Waals surface area (Å²) in [5, 5.41) is 0. The van der Waals surface area contributed by atoms with Crippen molar-refractivity contribution in [3.05, 3.63) is 0 Å². The van der Waals surface area contributed by atoms with Crippen LogP contribution in [0, 0.1) is 0 Å². The fourth-order valence-electron chi connectivity index (χ4n) is 5.95. The van der Waals surface area contributed by atoms with Crippen molar-refractivity contribution in [1.29, 1.82) is 0 Å². The van der Waals surface area contributed by atoms with Gasteiger partial charge in [0, 0.05) is 78.2 Å². The minimum atomic E-state index is -1.10. The monoisotopic (exact) mass is 658 g/mol. The van der Waals surface area contributed by atoms with Crippen LogP contribution in [0.25, 0.3) is 0 Å². The molecule has 0 aromatic carbocycles. The number of carbonyl (C=O) groups excluding carboxylic acids is 1. The summed E-state index contributed by atoms with van der Waals surface area (Å²) in [6.45, 7) is 0.347. The number of methoxy groups -OCH3 is 11. The number of carbonyl (C=O) groups is 1. The lowest BCUT2D eigenvalue weighted by Gasteiger charge is -2.47. The van der Waals surface area contributed by atoms with E-state index >= 15 is 0 Å². The molecule has 2 rings (SSSR count). The highest BCUT2D eigenvalue weighted by Crippen LogP contribution is 2.33. The molecule has 266 valence electrons. The number of rotatable bonds is 22. The van der Waals surface area contributed by atoms with Crippen LogP contribution in [0.5, 0.6) is 0 Å². The third-order valence-corrected chi connectivity index (χ3v) is 8.19. The zero-order valence-corrected chi connectivity index (χ0v) is 28.3. The van der Waals surface area contributed by atoms with Crippen molar-refractivity contribution < 1.29 is 75.8 Å². The molecule has 2 aliphatic rings. The quantitative estimate of drug-likeness (QED) is 0.137. The van der Waals surface area contributed by atoms with Gasteiger partial charge in [-0.2, -0.15) is 0 Å². The maximum Gasteiger partial charge on any atom is 0.187 e. The van der Waals surface area contributed by atoms with Crippen LogP contribution in [0.1, 0.15) is 0 Å². The smallest absolute Gasteiger partial charge is 0.187 e. The number of hydrogen-bond acceptors (Lipinski definition) is 16. The van der Waals surface area contributed by atoms with E-state index in [4.69, 9.17) is 71.1 Å². The summed E-state index contributed by atoms with van der Waals surface area (Å²) in [7, 11) is 16.7. The molecule has 0 saturated carbocycles. The first-order valence-electron chi connectivity index (χ1n) is 14.6. The second kappa shape index (κ2) is 21.1. The van der Waals surface area contributed by atoms with Crippen molar-refractivity contribution in [3.63, 3.8) is 0 Å². The van der Waals surface area contributed by atoms with E-state index in [9.17, 15) is 4.79 Å². The summed E-state index contributed by atoms with van der Waals surface area (Å²) in [5.74, 6) is 0. The van der Waals surface area contributed by atoms with E-state index in [1.54, 1.807) is 21.3 Å². The lowest BCUT2D eigenvalue weighted by molar-refractivity contribution is -0.351. The van der Waals surface area contributed by atoms with Gasteiger partial charge in [-0.05, 0) is 0 Å². The first-order valence-corrected chi connectivity index (χ1v) is 14.6. The zero-order chi connectivity index (χ0) is 33.5. The van der Waals surface area contributed by atoms with Gasteiger partial charge in [-0.1, -0.05) is 0 Å². The fraction of sp³-hybridized carbons (Fsp3) is 0.966. The Labute approximate surface area is 266 Å². The lowest BCUT2D eigenvalue weighted by Crippen LogP contribution is -2.64. The Kier molecular flexibility index (Phi) is 18.9. The minimum absolute atomic E-state index is 0.0445. The second-order valence-electron chi connectivity index (χ2n) is 10.4. The van der Waals surface area contributed by atoms with Crippen LogP contribution < -0.4 is 0 Å². The molecule has 0 aromatic rings. The van der Waals surface area contributed by atoms with Gasteiger partial charge in [-0.25, -0.2) is 0 Å². The van der Waals surface area contributed by atoms with Gasteiger partial charge in [0.25, 0.3) is 0 Å². The van der Waals surface area contributed by atoms with E-state index in [2.05, 4.69) is 0 Å². The second-order valence-corrected chi connectivity index (χ2v) is 10.4. The van der Waals surface area contributed by atoms with Gasteiger partial charge in [0.05, 0.1) is 19.8 Å². The summed E-state index contributed by atoms with van der Waals surface area (Å²) in [5.41, 5.74) is 0. The molecule has 14 atom stereocenters. The first kappa shape index (κ1) is 40.2. The number of aldehydes is 1. The Morgan fingerprint density at radius 1 is 0.556 bits per heavy atom. The van der Waals surface area contributed by atoms with Gasteiger partial charge in [-0.3, -0.25) is 0 Å². The molecule has 14 unspecified atom stereocenters. The molecule has 0 amide bonds. The van der Waals surface area contributed by atoms with E-state index in [0.717, 1.165) is 0 Å². The van der Waals surface area contributed by atoms with Crippen molar-refractivity contribution in [2.45, 2.75) is 85.8 Å². The van der Waals surface area contributed by atoms with Crippen LogP contribution in [0.2, 0.25) is 0 Å². The van der Waals surface area contributed by atoms with E-state index < -0.39 is 85.8 Å². The largest absolute Gasteiger partial charge is 0.382 e. The van der Waals surface area contributed by atoms with Crippen molar-refractivity contribution in [2.75, 3.05) is 98.0 Å². The molecular formula is C29H54O16. The van der Waals surface area contributed by atoms with E-state index in [1.165, 1.54) is 56.9 Å². The summed E-state index contributed by atoms with van der Waals surface area (Å²) in [6, 6.07) is 0. The van der Waals surface area contributed by atoms with Crippen LogP contribution in [0.4, 0.5) is 0 Å². The molecule has 0 N–H and O–H groups in total. The molecule has 16 nitrogen and oxygen atoms in total. The molecule has 2 heterocycles. The highest BCUT2D eigenvalue weighted by molar-refractivity contribution is 5.57. The van der Waals surface area contributed by atoms with Crippen molar-refractivity contribution in [2.24, 2.45) is 0 Å². The van der Waals surface area contributed by atoms with Crippen LogP contribution in [-0.4, -0.2) is 190 Å². The first-order chi connectivity index (χ1) is 21.8. The molecule has 45 heavy (non-hydrogen) atoms. The minimum Gasteiger partial charge on any atom is -0.382 e. The van der Waals surface area contributed by atoms with Crippen LogP contribution in [-0.2, 0) is 75.8 Å². The highest BCUT2D eigenvalue weighted by atomic mass is 16.8. The summed E-state index contributed by atoms with van der Waals surface area (Å²) in [6.07, 6.45) is -9.92. The molecule has 2 fully saturated rings. The molecule has 0 bridgehead atoms. The number of hydrogen-bond donors (Lipinski definition) is 0. The Morgan fingerprint density at radius 3 is 1.49 bits per heavy atom. The van der Waals surface area contributed by atoms with E-state index in [1.807, 2.05) is 0 Å². The predicted octanol–water partition coefficient (Wildman–Crippen LogP) is -0.535. The van der Waals surface area contributed by atoms with Gasteiger partial charge in [0.1, 0.15) is 73.2 Å². The Hall–Kier alpha value is -0.930.